The zero-order valence-electron chi connectivity index (χ0n) is 18.0. The van der Waals surface area contributed by atoms with Crippen LogP contribution in [-0.4, -0.2) is 15.9 Å². The molecule has 0 unspecified atom stereocenters. The largest absolute Gasteiger partial charge is 0.375 e. The van der Waals surface area contributed by atoms with Gasteiger partial charge in [0.05, 0.1) is 22.3 Å². The van der Waals surface area contributed by atoms with Crippen molar-refractivity contribution in [3.05, 3.63) is 94.4 Å². The van der Waals surface area contributed by atoms with Gasteiger partial charge < -0.3 is 11.1 Å². The van der Waals surface area contributed by atoms with Crippen molar-refractivity contribution < 1.29 is 4.79 Å². The molecule has 2 heterocycles. The number of hydrogen-bond donors (Lipinski definition) is 2. The van der Waals surface area contributed by atoms with E-state index in [4.69, 9.17) is 10.7 Å². The lowest BCUT2D eigenvalue weighted by atomic mass is 10.1. The van der Waals surface area contributed by atoms with Crippen LogP contribution < -0.4 is 11.1 Å². The summed E-state index contributed by atoms with van der Waals surface area (Å²) < 4.78 is 0.985. The van der Waals surface area contributed by atoms with Crippen LogP contribution >= 0.6 is 22.7 Å². The van der Waals surface area contributed by atoms with Crippen molar-refractivity contribution in [2.24, 2.45) is 0 Å². The highest BCUT2D eigenvalue weighted by Gasteiger charge is 2.16. The van der Waals surface area contributed by atoms with Gasteiger partial charge in [0.25, 0.3) is 0 Å². The van der Waals surface area contributed by atoms with E-state index in [0.29, 0.717) is 10.3 Å². The number of nitrogens with zero attached hydrogens (tertiary/aromatic N) is 2. The molecule has 0 aliphatic carbocycles. The number of carbonyl (C=O) groups is 1. The summed E-state index contributed by atoms with van der Waals surface area (Å²) in [4.78, 5) is 23.0. The van der Waals surface area contributed by atoms with Gasteiger partial charge >= 0.3 is 0 Å². The van der Waals surface area contributed by atoms with E-state index in [-0.39, 0.29) is 12.3 Å². The Morgan fingerprint density at radius 2 is 1.73 bits per heavy atom. The Labute approximate surface area is 200 Å². The maximum Gasteiger partial charge on any atom is 0.230 e. The molecule has 3 aromatic carbocycles. The molecule has 1 amide bonds. The fraction of sp³-hybridized carbons (Fsp3) is 0.115. The molecule has 33 heavy (non-hydrogen) atoms. The number of thiazole rings is 2. The molecule has 5 aromatic rings. The van der Waals surface area contributed by atoms with Gasteiger partial charge in [0.2, 0.25) is 5.91 Å². The fourth-order valence-electron chi connectivity index (χ4n) is 3.69. The van der Waals surface area contributed by atoms with Crippen LogP contribution in [0.25, 0.3) is 21.5 Å². The first-order valence-corrected chi connectivity index (χ1v) is 12.2. The number of hydrogen-bond acceptors (Lipinski definition) is 6. The van der Waals surface area contributed by atoms with Crippen molar-refractivity contribution in [1.82, 2.24) is 9.97 Å². The number of rotatable bonds is 6. The van der Waals surface area contributed by atoms with Gasteiger partial charge in [-0.25, -0.2) is 9.97 Å². The minimum Gasteiger partial charge on any atom is -0.375 e. The smallest absolute Gasteiger partial charge is 0.230 e. The van der Waals surface area contributed by atoms with Crippen molar-refractivity contribution in [2.45, 2.75) is 19.8 Å². The van der Waals surface area contributed by atoms with Gasteiger partial charge in [-0.3, -0.25) is 4.79 Å². The van der Waals surface area contributed by atoms with E-state index in [1.807, 2.05) is 36.4 Å². The van der Waals surface area contributed by atoms with Crippen LogP contribution in [0, 0.1) is 6.92 Å². The highest BCUT2D eigenvalue weighted by molar-refractivity contribution is 7.22. The zero-order chi connectivity index (χ0) is 22.8. The van der Waals surface area contributed by atoms with Gasteiger partial charge in [-0.2, -0.15) is 0 Å². The molecule has 164 valence electrons. The number of fused-ring (bicyclic) bond motifs is 1. The number of nitrogens with one attached hydrogen (secondary N) is 1. The quantitative estimate of drug-likeness (QED) is 0.315. The van der Waals surface area contributed by atoms with Gasteiger partial charge in [0.15, 0.2) is 10.3 Å². The number of aromatic nitrogens is 2. The second-order valence-corrected chi connectivity index (χ2v) is 10.0. The lowest BCUT2D eigenvalue weighted by molar-refractivity contribution is -0.115. The summed E-state index contributed by atoms with van der Waals surface area (Å²) >= 11 is 2.96. The van der Waals surface area contributed by atoms with Crippen LogP contribution in [-0.2, 0) is 17.6 Å². The Balaban J connectivity index is 1.39. The molecule has 2 aromatic heterocycles. The average Bonchev–Trinajstić information content (AvgIpc) is 3.36. The second kappa shape index (κ2) is 9.13. The van der Waals surface area contributed by atoms with Crippen LogP contribution in [0.2, 0.25) is 0 Å². The molecule has 3 N–H and O–H groups in total. The molecule has 0 aliphatic rings. The molecule has 0 saturated heterocycles. The maximum atomic E-state index is 12.8. The number of carbonyl (C=O) groups excluding carboxylic acids is 1. The first-order valence-electron chi connectivity index (χ1n) is 10.6. The van der Waals surface area contributed by atoms with Crippen LogP contribution in [0.3, 0.4) is 0 Å². The van der Waals surface area contributed by atoms with Crippen molar-refractivity contribution >= 4 is 49.1 Å². The Kier molecular flexibility index (Phi) is 5.90. The molecule has 5 rings (SSSR count). The molecule has 0 fully saturated rings. The van der Waals surface area contributed by atoms with Gasteiger partial charge in [-0.15, -0.1) is 11.3 Å². The van der Waals surface area contributed by atoms with Crippen LogP contribution in [0.4, 0.5) is 10.3 Å². The number of aryl methyl sites for hydroxylation is 1. The van der Waals surface area contributed by atoms with Crippen LogP contribution in [0.15, 0.2) is 72.8 Å². The van der Waals surface area contributed by atoms with E-state index in [1.165, 1.54) is 33.8 Å². The minimum atomic E-state index is -0.0951. The minimum absolute atomic E-state index is 0.0951. The first kappa shape index (κ1) is 21.3. The third kappa shape index (κ3) is 4.94. The lowest BCUT2D eigenvalue weighted by Gasteiger charge is -2.03. The van der Waals surface area contributed by atoms with E-state index >= 15 is 0 Å². The molecule has 0 bridgehead atoms. The fourth-order valence-corrected chi connectivity index (χ4v) is 5.52. The third-order valence-electron chi connectivity index (χ3n) is 5.31. The predicted molar refractivity (Wildman–Crippen MR) is 138 cm³/mol. The van der Waals surface area contributed by atoms with E-state index in [0.717, 1.165) is 38.3 Å². The van der Waals surface area contributed by atoms with Crippen molar-refractivity contribution in [2.75, 3.05) is 11.1 Å². The summed E-state index contributed by atoms with van der Waals surface area (Å²) in [5, 5.41) is 4.15. The Hall–Kier alpha value is -3.55. The van der Waals surface area contributed by atoms with Crippen LogP contribution in [0.1, 0.15) is 21.6 Å². The normalized spacial score (nSPS) is 11.1. The van der Waals surface area contributed by atoms with Crippen molar-refractivity contribution in [1.29, 1.82) is 0 Å². The molecule has 5 nitrogen and oxygen atoms in total. The Bertz CT molecular complexity index is 1420. The molecular weight excluding hydrogens is 448 g/mol. The molecule has 0 saturated carbocycles. The summed E-state index contributed by atoms with van der Waals surface area (Å²) in [5.41, 5.74) is 12.0. The predicted octanol–water partition coefficient (Wildman–Crippen LogP) is 6.08. The summed E-state index contributed by atoms with van der Waals surface area (Å²) in [7, 11) is 0. The highest BCUT2D eigenvalue weighted by atomic mass is 32.1. The first-order chi connectivity index (χ1) is 16.0. The zero-order valence-corrected chi connectivity index (χ0v) is 19.7. The van der Waals surface area contributed by atoms with Crippen LogP contribution in [0.5, 0.6) is 0 Å². The monoisotopic (exact) mass is 470 g/mol. The summed E-state index contributed by atoms with van der Waals surface area (Å²) in [6, 6.07) is 24.5. The second-order valence-electron chi connectivity index (χ2n) is 7.90. The number of benzene rings is 3. The van der Waals surface area contributed by atoms with E-state index in [2.05, 4.69) is 53.6 Å². The molecule has 0 spiro atoms. The van der Waals surface area contributed by atoms with E-state index < -0.39 is 0 Å². The van der Waals surface area contributed by atoms with Gasteiger partial charge in [-0.1, -0.05) is 77.6 Å². The van der Waals surface area contributed by atoms with Gasteiger partial charge in [0, 0.05) is 16.9 Å². The SMILES string of the molecule is Cc1ccc(-c2nc(NC(=O)Cc3ccc4nc(N)sc4c3)sc2Cc2ccccc2)cc1. The molecule has 7 heteroatoms. The van der Waals surface area contributed by atoms with E-state index in [1.54, 1.807) is 0 Å². The average molecular weight is 471 g/mol. The van der Waals surface area contributed by atoms with E-state index in [9.17, 15) is 4.79 Å². The topological polar surface area (TPSA) is 80.9 Å². The summed E-state index contributed by atoms with van der Waals surface area (Å²) in [5.74, 6) is -0.0951. The third-order valence-corrected chi connectivity index (χ3v) is 7.13. The molecule has 0 aliphatic heterocycles. The van der Waals surface area contributed by atoms with Crippen molar-refractivity contribution in [3.63, 3.8) is 0 Å². The number of nitrogens with two attached hydrogens (primary N) is 1. The standard InChI is InChI=1S/C26H22N4OS2/c1-16-7-10-19(11-8-16)24-22(13-17-5-3-2-4-6-17)33-26(30-24)29-23(31)15-18-9-12-20-21(14-18)32-25(27)28-20/h2-12,14H,13,15H2,1H3,(H2,27,28)(H,29,30,31). The lowest BCUT2D eigenvalue weighted by Crippen LogP contribution is -2.14. The summed E-state index contributed by atoms with van der Waals surface area (Å²) in [6.45, 7) is 2.07. The molecule has 0 atom stereocenters. The maximum absolute atomic E-state index is 12.8. The molecular formula is C26H22N4OS2. The van der Waals surface area contributed by atoms with Crippen molar-refractivity contribution in [3.8, 4) is 11.3 Å². The number of anilines is 2. The number of nitrogen functional groups attached to an aromatic ring is 1. The Morgan fingerprint density at radius 3 is 2.52 bits per heavy atom. The van der Waals surface area contributed by atoms with Gasteiger partial charge in [-0.05, 0) is 30.2 Å². The Morgan fingerprint density at radius 1 is 0.939 bits per heavy atom. The van der Waals surface area contributed by atoms with Gasteiger partial charge in [0.1, 0.15) is 0 Å². The summed E-state index contributed by atoms with van der Waals surface area (Å²) in [6.07, 6.45) is 1.03. The number of amides is 1. The molecule has 0 radical (unpaired) electrons. The highest BCUT2D eigenvalue weighted by Crippen LogP contribution is 2.33.